The normalized spacial score (nSPS) is 21.4. The Morgan fingerprint density at radius 3 is 2.72 bits per heavy atom. The van der Waals surface area contributed by atoms with Crippen LogP contribution in [0.5, 0.6) is 0 Å². The first-order chi connectivity index (χ1) is 8.81. The second-order valence-electron chi connectivity index (χ2n) is 5.38. The number of likely N-dealkylation sites (N-methyl/N-ethyl adjacent to an activating group) is 1. The Morgan fingerprint density at radius 2 is 2.11 bits per heavy atom. The molecule has 2 nitrogen and oxygen atoms in total. The van der Waals surface area contributed by atoms with Gasteiger partial charge in [-0.2, -0.15) is 0 Å². The largest absolute Gasteiger partial charge is 0.315 e. The second kappa shape index (κ2) is 6.91. The lowest BCUT2D eigenvalue weighted by Gasteiger charge is -2.28. The van der Waals surface area contributed by atoms with Crippen LogP contribution in [-0.2, 0) is 0 Å². The number of nitrogens with one attached hydrogen (secondary N) is 1. The van der Waals surface area contributed by atoms with E-state index in [1.807, 2.05) is 0 Å². The zero-order chi connectivity index (χ0) is 12.8. The highest BCUT2D eigenvalue weighted by molar-refractivity contribution is 5.18. The summed E-state index contributed by atoms with van der Waals surface area (Å²) < 4.78 is 0. The zero-order valence-electron chi connectivity index (χ0n) is 11.7. The molecule has 1 N–H and O–H groups in total. The van der Waals surface area contributed by atoms with Crippen molar-refractivity contribution in [2.75, 3.05) is 26.2 Å². The molecule has 0 radical (unpaired) electrons. The molecule has 1 saturated heterocycles. The third kappa shape index (κ3) is 3.56. The molecule has 0 amide bonds. The molecule has 0 saturated carbocycles. The molecule has 2 unspecified atom stereocenters. The van der Waals surface area contributed by atoms with Crippen LogP contribution < -0.4 is 5.32 Å². The smallest absolute Gasteiger partial charge is 0.0232 e. The molecule has 100 valence electrons. The summed E-state index contributed by atoms with van der Waals surface area (Å²) in [6, 6.07) is 11.6. The van der Waals surface area contributed by atoms with Crippen molar-refractivity contribution in [3.05, 3.63) is 35.9 Å². The van der Waals surface area contributed by atoms with Gasteiger partial charge < -0.3 is 5.32 Å². The van der Waals surface area contributed by atoms with E-state index < -0.39 is 0 Å². The molecule has 1 heterocycles. The molecule has 2 atom stereocenters. The molecule has 2 rings (SSSR count). The Labute approximate surface area is 111 Å². The predicted octanol–water partition coefficient (Wildman–Crippen LogP) is 2.86. The van der Waals surface area contributed by atoms with Crippen LogP contribution in [-0.4, -0.2) is 37.1 Å². The van der Waals surface area contributed by atoms with Crippen molar-refractivity contribution in [3.63, 3.8) is 0 Å². The second-order valence-corrected chi connectivity index (χ2v) is 5.38. The maximum Gasteiger partial charge on any atom is 0.0232 e. The maximum absolute atomic E-state index is 3.46. The van der Waals surface area contributed by atoms with Gasteiger partial charge in [0.05, 0.1) is 0 Å². The molecule has 18 heavy (non-hydrogen) atoms. The topological polar surface area (TPSA) is 15.3 Å². The Bertz CT molecular complexity index is 330. The number of rotatable bonds is 6. The standard InChI is InChI=1S/C16H26N2/c1-3-18(16-9-11-17-13-16)12-10-14(2)15-7-5-4-6-8-15/h4-8,14,16-17H,3,9-13H2,1-2H3. The van der Waals surface area contributed by atoms with Crippen LogP contribution in [0.1, 0.15) is 38.2 Å². The van der Waals surface area contributed by atoms with Crippen LogP contribution >= 0.6 is 0 Å². The van der Waals surface area contributed by atoms with E-state index in [9.17, 15) is 0 Å². The number of hydrogen-bond acceptors (Lipinski definition) is 2. The van der Waals surface area contributed by atoms with Crippen molar-refractivity contribution >= 4 is 0 Å². The van der Waals surface area contributed by atoms with Crippen molar-refractivity contribution in [3.8, 4) is 0 Å². The predicted molar refractivity (Wildman–Crippen MR) is 78.0 cm³/mol. The first-order valence-electron chi connectivity index (χ1n) is 7.31. The zero-order valence-corrected chi connectivity index (χ0v) is 11.7. The molecule has 0 aliphatic carbocycles. The summed E-state index contributed by atoms with van der Waals surface area (Å²) in [5, 5.41) is 3.46. The Kier molecular flexibility index (Phi) is 5.21. The monoisotopic (exact) mass is 246 g/mol. The third-order valence-electron chi connectivity index (χ3n) is 4.17. The minimum Gasteiger partial charge on any atom is -0.315 e. The molecule has 1 fully saturated rings. The fourth-order valence-corrected chi connectivity index (χ4v) is 2.86. The average Bonchev–Trinajstić information content (AvgIpc) is 2.94. The van der Waals surface area contributed by atoms with Crippen LogP contribution in [0.3, 0.4) is 0 Å². The van der Waals surface area contributed by atoms with Crippen LogP contribution in [0.2, 0.25) is 0 Å². The highest BCUT2D eigenvalue weighted by Gasteiger charge is 2.21. The van der Waals surface area contributed by atoms with Gasteiger partial charge in [0.1, 0.15) is 0 Å². The SMILES string of the molecule is CCN(CCC(C)c1ccccc1)C1CCNC1. The van der Waals surface area contributed by atoms with Crippen molar-refractivity contribution in [2.24, 2.45) is 0 Å². The van der Waals surface area contributed by atoms with E-state index in [-0.39, 0.29) is 0 Å². The summed E-state index contributed by atoms with van der Waals surface area (Å²) in [4.78, 5) is 2.64. The fourth-order valence-electron chi connectivity index (χ4n) is 2.86. The molecule has 0 spiro atoms. The lowest BCUT2D eigenvalue weighted by Crippen LogP contribution is -2.37. The van der Waals surface area contributed by atoms with Gasteiger partial charge in [-0.05, 0) is 44.0 Å². The van der Waals surface area contributed by atoms with Gasteiger partial charge in [0, 0.05) is 12.6 Å². The number of nitrogens with zero attached hydrogens (tertiary/aromatic N) is 1. The van der Waals surface area contributed by atoms with Crippen LogP contribution in [0.4, 0.5) is 0 Å². The first-order valence-corrected chi connectivity index (χ1v) is 7.31. The highest BCUT2D eigenvalue weighted by Crippen LogP contribution is 2.20. The molecule has 0 aromatic heterocycles. The average molecular weight is 246 g/mol. The maximum atomic E-state index is 3.46. The lowest BCUT2D eigenvalue weighted by atomic mass is 9.97. The molecular weight excluding hydrogens is 220 g/mol. The first kappa shape index (κ1) is 13.6. The van der Waals surface area contributed by atoms with Crippen molar-refractivity contribution in [1.29, 1.82) is 0 Å². The minimum atomic E-state index is 0.662. The van der Waals surface area contributed by atoms with Gasteiger partial charge in [0.15, 0.2) is 0 Å². The quantitative estimate of drug-likeness (QED) is 0.830. The van der Waals surface area contributed by atoms with Crippen LogP contribution in [0, 0.1) is 0 Å². The van der Waals surface area contributed by atoms with Crippen molar-refractivity contribution in [1.82, 2.24) is 10.2 Å². The van der Waals surface area contributed by atoms with Gasteiger partial charge in [-0.1, -0.05) is 44.2 Å². The summed E-state index contributed by atoms with van der Waals surface area (Å²) in [5.74, 6) is 0.662. The summed E-state index contributed by atoms with van der Waals surface area (Å²) in [6.07, 6.45) is 2.57. The molecule has 1 aliphatic rings. The van der Waals surface area contributed by atoms with E-state index in [1.54, 1.807) is 0 Å². The summed E-state index contributed by atoms with van der Waals surface area (Å²) in [6.45, 7) is 9.39. The molecule has 2 heteroatoms. The third-order valence-corrected chi connectivity index (χ3v) is 4.17. The summed E-state index contributed by atoms with van der Waals surface area (Å²) in [5.41, 5.74) is 1.47. The number of benzene rings is 1. The molecular formula is C16H26N2. The van der Waals surface area contributed by atoms with E-state index in [1.165, 1.54) is 44.6 Å². The Morgan fingerprint density at radius 1 is 1.33 bits per heavy atom. The lowest BCUT2D eigenvalue weighted by molar-refractivity contribution is 0.212. The van der Waals surface area contributed by atoms with Gasteiger partial charge in [0.2, 0.25) is 0 Å². The summed E-state index contributed by atoms with van der Waals surface area (Å²) in [7, 11) is 0. The van der Waals surface area contributed by atoms with E-state index >= 15 is 0 Å². The molecule has 0 bridgehead atoms. The van der Waals surface area contributed by atoms with Crippen LogP contribution in [0.25, 0.3) is 0 Å². The van der Waals surface area contributed by atoms with Gasteiger partial charge >= 0.3 is 0 Å². The van der Waals surface area contributed by atoms with E-state index in [2.05, 4.69) is 54.4 Å². The molecule has 1 aliphatic heterocycles. The Balaban J connectivity index is 1.82. The van der Waals surface area contributed by atoms with E-state index in [0.29, 0.717) is 5.92 Å². The molecule has 1 aromatic carbocycles. The van der Waals surface area contributed by atoms with Gasteiger partial charge in [-0.3, -0.25) is 4.90 Å². The summed E-state index contributed by atoms with van der Waals surface area (Å²) >= 11 is 0. The van der Waals surface area contributed by atoms with Gasteiger partial charge in [0.25, 0.3) is 0 Å². The highest BCUT2D eigenvalue weighted by atomic mass is 15.2. The minimum absolute atomic E-state index is 0.662. The fraction of sp³-hybridized carbons (Fsp3) is 0.625. The number of hydrogen-bond donors (Lipinski definition) is 1. The van der Waals surface area contributed by atoms with E-state index in [4.69, 9.17) is 0 Å². The molecule has 1 aromatic rings. The van der Waals surface area contributed by atoms with Gasteiger partial charge in [-0.15, -0.1) is 0 Å². The van der Waals surface area contributed by atoms with Crippen molar-refractivity contribution < 1.29 is 0 Å². The van der Waals surface area contributed by atoms with Crippen molar-refractivity contribution in [2.45, 2.75) is 38.6 Å². The van der Waals surface area contributed by atoms with Crippen LogP contribution in [0.15, 0.2) is 30.3 Å². The van der Waals surface area contributed by atoms with E-state index in [0.717, 1.165) is 6.04 Å². The Hall–Kier alpha value is -0.860. The van der Waals surface area contributed by atoms with Gasteiger partial charge in [-0.25, -0.2) is 0 Å².